The average Bonchev–Trinajstić information content (AvgIpc) is 2.48. The van der Waals surface area contributed by atoms with E-state index in [0.717, 1.165) is 12.1 Å². The second kappa shape index (κ2) is 9.73. The normalized spacial score (nSPS) is 10.6. The summed E-state index contributed by atoms with van der Waals surface area (Å²) in [5.41, 5.74) is -0.293. The molecule has 9 heteroatoms. The van der Waals surface area contributed by atoms with Crippen molar-refractivity contribution in [1.29, 1.82) is 0 Å². The summed E-state index contributed by atoms with van der Waals surface area (Å²) in [6, 6.07) is 3.07. The standard InChI is InChI=1S/C14H18O7S.Li.H/c1-3-5-20-13(15)10-7-11(14(16)21-6-4-2)9-12(8-10)22(17,18)19;;/h7-9H,3-6H2,1-2H3,(H,17,18,19);;. The summed E-state index contributed by atoms with van der Waals surface area (Å²) in [5, 5.41) is 0. The SMILES string of the molecule is CCCOC(=O)c1cc(C(=O)OCCC)cc(S(=O)(=O)O)c1.[LiH]. The molecule has 1 N–H and O–H groups in total. The van der Waals surface area contributed by atoms with Gasteiger partial charge < -0.3 is 9.47 Å². The second-order valence-electron chi connectivity index (χ2n) is 4.49. The van der Waals surface area contributed by atoms with Crippen molar-refractivity contribution < 1.29 is 32.0 Å². The summed E-state index contributed by atoms with van der Waals surface area (Å²) in [4.78, 5) is 23.1. The molecule has 0 fully saturated rings. The fraction of sp³-hybridized carbons (Fsp3) is 0.429. The molecule has 1 aromatic carbocycles. The van der Waals surface area contributed by atoms with E-state index >= 15 is 0 Å². The third kappa shape index (κ3) is 6.75. The average molecular weight is 338 g/mol. The van der Waals surface area contributed by atoms with Crippen LogP contribution < -0.4 is 0 Å². The first-order chi connectivity index (χ1) is 10.3. The minimum absolute atomic E-state index is 0. The Bertz CT molecular complexity index is 617. The molecule has 0 aliphatic rings. The van der Waals surface area contributed by atoms with E-state index in [9.17, 15) is 18.0 Å². The Hall–Kier alpha value is -1.33. The van der Waals surface area contributed by atoms with E-state index in [-0.39, 0.29) is 43.2 Å². The summed E-state index contributed by atoms with van der Waals surface area (Å²) in [6.07, 6.45) is 1.18. The second-order valence-corrected chi connectivity index (χ2v) is 5.91. The van der Waals surface area contributed by atoms with Gasteiger partial charge in [0.15, 0.2) is 0 Å². The Morgan fingerprint density at radius 1 is 0.957 bits per heavy atom. The van der Waals surface area contributed by atoms with E-state index in [0.29, 0.717) is 12.8 Å². The molecule has 23 heavy (non-hydrogen) atoms. The molecule has 0 saturated heterocycles. The molecule has 1 aromatic rings. The van der Waals surface area contributed by atoms with Crippen molar-refractivity contribution in [3.8, 4) is 0 Å². The molecule has 1 rings (SSSR count). The van der Waals surface area contributed by atoms with Gasteiger partial charge in [0.05, 0.1) is 29.2 Å². The quantitative estimate of drug-likeness (QED) is 0.455. The van der Waals surface area contributed by atoms with Crippen LogP contribution in [0.1, 0.15) is 47.4 Å². The van der Waals surface area contributed by atoms with E-state index < -0.39 is 27.0 Å². The van der Waals surface area contributed by atoms with Gasteiger partial charge in [-0.1, -0.05) is 13.8 Å². The van der Waals surface area contributed by atoms with Crippen LogP contribution in [0.15, 0.2) is 23.1 Å². The number of benzene rings is 1. The predicted octanol–water partition coefficient (Wildman–Crippen LogP) is 1.42. The summed E-state index contributed by atoms with van der Waals surface area (Å²) < 4.78 is 41.4. The van der Waals surface area contributed by atoms with E-state index in [2.05, 4.69) is 0 Å². The van der Waals surface area contributed by atoms with E-state index in [1.165, 1.54) is 6.07 Å². The topological polar surface area (TPSA) is 107 Å². The van der Waals surface area contributed by atoms with Gasteiger partial charge in [0.1, 0.15) is 0 Å². The van der Waals surface area contributed by atoms with Gasteiger partial charge in [-0.15, -0.1) is 0 Å². The summed E-state index contributed by atoms with van der Waals surface area (Å²) in [5.74, 6) is -1.56. The first kappa shape index (κ1) is 21.7. The molecule has 7 nitrogen and oxygen atoms in total. The van der Waals surface area contributed by atoms with Crippen molar-refractivity contribution in [2.75, 3.05) is 13.2 Å². The van der Waals surface area contributed by atoms with Crippen LogP contribution in [0.5, 0.6) is 0 Å². The number of carbonyl (C=O) groups excluding carboxylic acids is 2. The Morgan fingerprint density at radius 2 is 1.35 bits per heavy atom. The summed E-state index contributed by atoms with van der Waals surface area (Å²) in [7, 11) is -4.57. The van der Waals surface area contributed by atoms with Crippen LogP contribution in [0.3, 0.4) is 0 Å². The summed E-state index contributed by atoms with van der Waals surface area (Å²) >= 11 is 0. The first-order valence-corrected chi connectivity index (χ1v) is 8.20. The molecule has 0 saturated carbocycles. The zero-order chi connectivity index (χ0) is 16.8. The number of esters is 2. The molecule has 0 atom stereocenters. The van der Waals surface area contributed by atoms with Crippen LogP contribution in [-0.2, 0) is 19.6 Å². The maximum absolute atomic E-state index is 11.8. The van der Waals surface area contributed by atoms with Crippen molar-refractivity contribution in [1.82, 2.24) is 0 Å². The van der Waals surface area contributed by atoms with Crippen LogP contribution in [0.25, 0.3) is 0 Å². The van der Waals surface area contributed by atoms with Gasteiger partial charge in [0.2, 0.25) is 0 Å². The third-order valence-corrected chi connectivity index (χ3v) is 3.38. The van der Waals surface area contributed by atoms with Crippen LogP contribution in [0.4, 0.5) is 0 Å². The molecule has 0 radical (unpaired) electrons. The zero-order valence-corrected chi connectivity index (χ0v) is 13.2. The van der Waals surface area contributed by atoms with Crippen molar-refractivity contribution in [3.05, 3.63) is 29.3 Å². The molecule has 0 aromatic heterocycles. The molecule has 0 aliphatic heterocycles. The van der Waals surface area contributed by atoms with Crippen LogP contribution in [0, 0.1) is 0 Å². The predicted molar refractivity (Wildman–Crippen MR) is 84.6 cm³/mol. The molecule has 0 heterocycles. The molecular weight excluding hydrogens is 319 g/mol. The maximum atomic E-state index is 11.8. The Morgan fingerprint density at radius 3 is 1.65 bits per heavy atom. The van der Waals surface area contributed by atoms with Crippen molar-refractivity contribution in [2.24, 2.45) is 0 Å². The van der Waals surface area contributed by atoms with Crippen LogP contribution >= 0.6 is 0 Å². The Kier molecular flexibility index (Phi) is 9.16. The van der Waals surface area contributed by atoms with Crippen LogP contribution in [0.2, 0.25) is 0 Å². The monoisotopic (exact) mass is 338 g/mol. The first-order valence-electron chi connectivity index (χ1n) is 6.76. The summed E-state index contributed by atoms with van der Waals surface area (Å²) in [6.45, 7) is 3.92. The van der Waals surface area contributed by atoms with Gasteiger partial charge >= 0.3 is 30.8 Å². The van der Waals surface area contributed by atoms with Gasteiger partial charge in [-0.05, 0) is 31.0 Å². The molecule has 0 unspecified atom stereocenters. The van der Waals surface area contributed by atoms with Crippen molar-refractivity contribution in [3.63, 3.8) is 0 Å². The van der Waals surface area contributed by atoms with Gasteiger partial charge in [-0.25, -0.2) is 9.59 Å². The fourth-order valence-electron chi connectivity index (χ4n) is 1.54. The number of hydrogen-bond donors (Lipinski definition) is 1. The van der Waals surface area contributed by atoms with E-state index in [1.54, 1.807) is 13.8 Å². The van der Waals surface area contributed by atoms with E-state index in [1.807, 2.05) is 0 Å². The van der Waals surface area contributed by atoms with Crippen molar-refractivity contribution in [2.45, 2.75) is 31.6 Å². The molecular formula is C14H19LiO7S. The molecule has 0 spiro atoms. The zero-order valence-electron chi connectivity index (χ0n) is 12.4. The molecule has 0 amide bonds. The number of hydrogen-bond acceptors (Lipinski definition) is 6. The number of ether oxygens (including phenoxy) is 2. The van der Waals surface area contributed by atoms with Gasteiger partial charge in [0, 0.05) is 0 Å². The molecule has 0 aliphatic carbocycles. The van der Waals surface area contributed by atoms with Gasteiger partial charge in [-0.3, -0.25) is 4.55 Å². The minimum atomic E-state index is -4.57. The van der Waals surface area contributed by atoms with Crippen LogP contribution in [-0.4, -0.2) is 57.0 Å². The van der Waals surface area contributed by atoms with Crippen molar-refractivity contribution >= 4 is 40.9 Å². The Labute approximate surface area is 147 Å². The van der Waals surface area contributed by atoms with Gasteiger partial charge in [0.25, 0.3) is 10.1 Å². The fourth-order valence-corrected chi connectivity index (χ4v) is 2.09. The van der Waals surface area contributed by atoms with Gasteiger partial charge in [-0.2, -0.15) is 8.42 Å². The van der Waals surface area contributed by atoms with E-state index in [4.69, 9.17) is 14.0 Å². The number of carbonyl (C=O) groups is 2. The number of rotatable bonds is 7. The third-order valence-electron chi connectivity index (χ3n) is 2.55. The molecule has 124 valence electrons. The molecule has 0 bridgehead atoms. The Balaban J connectivity index is 0.00000484.